The Morgan fingerprint density at radius 1 is 1.06 bits per heavy atom. The van der Waals surface area contributed by atoms with E-state index in [0.717, 1.165) is 0 Å². The first-order valence-electron chi connectivity index (χ1n) is 9.27. The van der Waals surface area contributed by atoms with Gasteiger partial charge in [-0.15, -0.1) is 14.9 Å². The molecule has 5 rings (SSSR count). The quantitative estimate of drug-likeness (QED) is 0.526. The Kier molecular flexibility index (Phi) is 4.39. The van der Waals surface area contributed by atoms with E-state index in [0.29, 0.717) is 34.3 Å². The highest BCUT2D eigenvalue weighted by Crippen LogP contribution is 2.30. The third-order valence-electron chi connectivity index (χ3n) is 4.75. The van der Waals surface area contributed by atoms with Gasteiger partial charge in [-0.3, -0.25) is 9.78 Å². The van der Waals surface area contributed by atoms with E-state index in [-0.39, 0.29) is 17.0 Å². The molecule has 1 N–H and O–H groups in total. The summed E-state index contributed by atoms with van der Waals surface area (Å²) in [5, 5.41) is 10.9. The molecule has 2 bridgehead atoms. The van der Waals surface area contributed by atoms with Crippen molar-refractivity contribution in [2.24, 2.45) is 0 Å². The molecule has 1 aliphatic heterocycles. The number of anilines is 1. The second kappa shape index (κ2) is 7.24. The Morgan fingerprint density at radius 3 is 2.68 bits per heavy atom. The average Bonchev–Trinajstić information content (AvgIpc) is 3.14. The maximum atomic E-state index is 13.0. The van der Waals surface area contributed by atoms with Crippen molar-refractivity contribution < 1.29 is 18.4 Å². The number of benzene rings is 1. The van der Waals surface area contributed by atoms with Gasteiger partial charge >= 0.3 is 0 Å². The molecule has 1 aromatic carbocycles. The first-order valence-corrected chi connectivity index (χ1v) is 9.27. The lowest BCUT2D eigenvalue weighted by Crippen LogP contribution is -2.19. The number of carbonyl (C=O) groups excluding carboxylic acids is 1. The minimum absolute atomic E-state index is 0.226. The molecule has 4 aromatic rings. The number of halogens is 2. The predicted molar refractivity (Wildman–Crippen MR) is 107 cm³/mol. The molecule has 0 unspecified atom stereocenters. The molecule has 0 spiro atoms. The first kappa shape index (κ1) is 18.8. The molecule has 0 saturated heterocycles. The van der Waals surface area contributed by atoms with Crippen LogP contribution in [0.25, 0.3) is 22.6 Å². The number of nitrogens with zero attached hydrogens (tertiary/aromatic N) is 5. The van der Waals surface area contributed by atoms with E-state index in [4.69, 9.17) is 4.84 Å². The molecule has 8 nitrogen and oxygen atoms in total. The minimum atomic E-state index is -2.65. The molecule has 1 amide bonds. The number of alkyl halides is 2. The van der Waals surface area contributed by atoms with Gasteiger partial charge in [-0.05, 0) is 42.8 Å². The van der Waals surface area contributed by atoms with Gasteiger partial charge in [0, 0.05) is 11.8 Å². The number of hydrogen-bond acceptors (Lipinski definition) is 6. The van der Waals surface area contributed by atoms with Crippen LogP contribution in [0.3, 0.4) is 0 Å². The van der Waals surface area contributed by atoms with Crippen LogP contribution < -0.4 is 10.2 Å². The van der Waals surface area contributed by atoms with Gasteiger partial charge in [0.1, 0.15) is 17.2 Å². The van der Waals surface area contributed by atoms with Crippen LogP contribution in [-0.4, -0.2) is 30.8 Å². The lowest BCUT2D eigenvalue weighted by molar-refractivity contribution is 0.101. The zero-order chi connectivity index (χ0) is 21.5. The van der Waals surface area contributed by atoms with Gasteiger partial charge < -0.3 is 10.2 Å². The summed E-state index contributed by atoms with van der Waals surface area (Å²) < 4.78 is 27.0. The summed E-state index contributed by atoms with van der Waals surface area (Å²) in [6.07, 6.45) is -1.31. The van der Waals surface area contributed by atoms with Crippen LogP contribution in [0.2, 0.25) is 0 Å². The fourth-order valence-corrected chi connectivity index (χ4v) is 3.20. The van der Waals surface area contributed by atoms with E-state index in [1.54, 1.807) is 43.3 Å². The molecule has 0 saturated carbocycles. The Labute approximate surface area is 174 Å². The third-order valence-corrected chi connectivity index (χ3v) is 4.75. The molecular formula is C21H14F2N6O2. The van der Waals surface area contributed by atoms with E-state index >= 15 is 0 Å². The summed E-state index contributed by atoms with van der Waals surface area (Å²) in [4.78, 5) is 27.2. The molecule has 154 valence electrons. The van der Waals surface area contributed by atoms with E-state index in [2.05, 4.69) is 25.5 Å². The fourth-order valence-electron chi connectivity index (χ4n) is 3.20. The van der Waals surface area contributed by atoms with E-state index in [9.17, 15) is 13.6 Å². The van der Waals surface area contributed by atoms with Gasteiger partial charge in [-0.2, -0.15) is 0 Å². The van der Waals surface area contributed by atoms with Crippen molar-refractivity contribution in [3.05, 3.63) is 71.8 Å². The van der Waals surface area contributed by atoms with Crippen molar-refractivity contribution in [1.29, 1.82) is 0 Å². The van der Waals surface area contributed by atoms with Crippen LogP contribution in [0.5, 0.6) is 5.75 Å². The summed E-state index contributed by atoms with van der Waals surface area (Å²) in [5.74, 6) is 1.04. The normalized spacial score (nSPS) is 12.6. The zero-order valence-corrected chi connectivity index (χ0v) is 16.1. The Morgan fingerprint density at radius 2 is 1.90 bits per heavy atom. The number of aryl methyl sites for hydroxylation is 1. The number of aromatic nitrogens is 5. The Hall–Kier alpha value is -4.21. The van der Waals surface area contributed by atoms with Crippen molar-refractivity contribution in [3.8, 4) is 28.4 Å². The fraction of sp³-hybridized carbons (Fsp3) is 0.0952. The second-order valence-electron chi connectivity index (χ2n) is 6.80. The molecule has 10 heteroatoms. The molecule has 0 atom stereocenters. The molecule has 0 radical (unpaired) electrons. The van der Waals surface area contributed by atoms with Crippen molar-refractivity contribution in [3.63, 3.8) is 0 Å². The minimum Gasteiger partial charge on any atom is -0.371 e. The molecule has 4 heterocycles. The highest BCUT2D eigenvalue weighted by atomic mass is 19.3. The van der Waals surface area contributed by atoms with E-state index < -0.39 is 12.3 Å². The van der Waals surface area contributed by atoms with Crippen molar-refractivity contribution >= 4 is 11.7 Å². The molecule has 0 fully saturated rings. The van der Waals surface area contributed by atoms with Crippen LogP contribution in [-0.2, 0) is 0 Å². The molecular weight excluding hydrogens is 406 g/mol. The molecule has 31 heavy (non-hydrogen) atoms. The SMILES string of the molecule is Cc1nnc2n1Oc1ccc(-c3ccc(C(F)F)nc3)cc1C(=O)Nc1cccc-2n1. The average molecular weight is 420 g/mol. The summed E-state index contributed by atoms with van der Waals surface area (Å²) in [6.45, 7) is 1.72. The van der Waals surface area contributed by atoms with Crippen molar-refractivity contribution in [1.82, 2.24) is 24.9 Å². The lowest BCUT2D eigenvalue weighted by Gasteiger charge is -2.17. The topological polar surface area (TPSA) is 94.8 Å². The molecule has 1 aliphatic rings. The number of rotatable bonds is 2. The van der Waals surface area contributed by atoms with Gasteiger partial charge in [0.15, 0.2) is 11.6 Å². The largest absolute Gasteiger partial charge is 0.371 e. The van der Waals surface area contributed by atoms with Gasteiger partial charge in [-0.1, -0.05) is 18.2 Å². The maximum Gasteiger partial charge on any atom is 0.280 e. The highest BCUT2D eigenvalue weighted by molar-refractivity contribution is 6.06. The number of hydrogen-bond donors (Lipinski definition) is 1. The summed E-state index contributed by atoms with van der Waals surface area (Å²) in [7, 11) is 0. The number of carbonyl (C=O) groups is 1. The first-order chi connectivity index (χ1) is 15.0. The predicted octanol–water partition coefficient (Wildman–Crippen LogP) is 4.06. The number of nitrogens with one attached hydrogen (secondary N) is 1. The zero-order valence-electron chi connectivity index (χ0n) is 16.1. The van der Waals surface area contributed by atoms with Gasteiger partial charge in [0.05, 0.1) is 5.56 Å². The third kappa shape index (κ3) is 3.37. The number of amides is 1. The van der Waals surface area contributed by atoms with Gasteiger partial charge in [0.2, 0.25) is 5.82 Å². The van der Waals surface area contributed by atoms with E-state index in [1.165, 1.54) is 23.1 Å². The summed E-state index contributed by atoms with van der Waals surface area (Å²) >= 11 is 0. The smallest absolute Gasteiger partial charge is 0.280 e. The van der Waals surface area contributed by atoms with Gasteiger partial charge in [-0.25, -0.2) is 13.8 Å². The van der Waals surface area contributed by atoms with Crippen LogP contribution in [0.1, 0.15) is 28.3 Å². The molecule has 0 aliphatic carbocycles. The summed E-state index contributed by atoms with van der Waals surface area (Å²) in [6, 6.07) is 12.9. The standard InChI is InChI=1S/C21H14F2N6O2/c1-11-27-28-20-16-3-2-4-18(25-16)26-21(30)14-9-12(6-8-17(14)31-29(11)20)13-5-7-15(19(22)23)24-10-13/h2-10,19H,1H3,(H,25,26,30). The second-order valence-corrected chi connectivity index (χ2v) is 6.80. The Bertz CT molecular complexity index is 1300. The van der Waals surface area contributed by atoms with Gasteiger partial charge in [0.25, 0.3) is 12.3 Å². The van der Waals surface area contributed by atoms with E-state index in [1.807, 2.05) is 0 Å². The lowest BCUT2D eigenvalue weighted by atomic mass is 10.0. The highest BCUT2D eigenvalue weighted by Gasteiger charge is 2.22. The van der Waals surface area contributed by atoms with Crippen LogP contribution in [0.15, 0.2) is 54.7 Å². The van der Waals surface area contributed by atoms with Crippen molar-refractivity contribution in [2.75, 3.05) is 5.32 Å². The molecule has 3 aromatic heterocycles. The maximum absolute atomic E-state index is 13.0. The van der Waals surface area contributed by atoms with Crippen molar-refractivity contribution in [2.45, 2.75) is 13.3 Å². The summed E-state index contributed by atoms with van der Waals surface area (Å²) in [5.41, 5.74) is 1.60. The Balaban J connectivity index is 1.62. The number of fused-ring (bicyclic) bond motifs is 5. The monoisotopic (exact) mass is 420 g/mol. The van der Waals surface area contributed by atoms with Crippen LogP contribution >= 0.6 is 0 Å². The van der Waals surface area contributed by atoms with Crippen LogP contribution in [0, 0.1) is 6.92 Å². The van der Waals surface area contributed by atoms with Crippen LogP contribution in [0.4, 0.5) is 14.6 Å². The number of pyridine rings is 2.